The van der Waals surface area contributed by atoms with Gasteiger partial charge in [-0.1, -0.05) is 11.3 Å². The first-order valence-electron chi connectivity index (χ1n) is 9.19. The van der Waals surface area contributed by atoms with Crippen molar-refractivity contribution in [3.63, 3.8) is 0 Å². The summed E-state index contributed by atoms with van der Waals surface area (Å²) in [6.07, 6.45) is 4.37. The van der Waals surface area contributed by atoms with Gasteiger partial charge in [0.2, 0.25) is 11.0 Å². The maximum absolute atomic E-state index is 12.1. The number of fused-ring (bicyclic) bond motifs is 1. The second-order valence-corrected chi connectivity index (χ2v) is 7.67. The van der Waals surface area contributed by atoms with Gasteiger partial charge in [0.05, 0.1) is 12.1 Å². The van der Waals surface area contributed by atoms with Gasteiger partial charge in [-0.05, 0) is 37.3 Å². The Balaban J connectivity index is 1.38. The Morgan fingerprint density at radius 3 is 2.81 bits per heavy atom. The summed E-state index contributed by atoms with van der Waals surface area (Å²) in [5.41, 5.74) is 4.63. The van der Waals surface area contributed by atoms with Crippen molar-refractivity contribution in [1.82, 2.24) is 20.1 Å². The van der Waals surface area contributed by atoms with Crippen molar-refractivity contribution < 1.29 is 4.79 Å². The van der Waals surface area contributed by atoms with Crippen LogP contribution in [0.5, 0.6) is 0 Å². The number of nitrogens with one attached hydrogen (secondary N) is 1. The number of pyridine rings is 1. The molecule has 0 spiro atoms. The van der Waals surface area contributed by atoms with E-state index in [9.17, 15) is 10.1 Å². The highest BCUT2D eigenvalue weighted by molar-refractivity contribution is 7.13. The van der Waals surface area contributed by atoms with Crippen LogP contribution in [0.25, 0.3) is 0 Å². The van der Waals surface area contributed by atoms with Crippen molar-refractivity contribution in [3.05, 3.63) is 28.4 Å². The zero-order valence-corrected chi connectivity index (χ0v) is 15.8. The number of aromatic nitrogens is 3. The lowest BCUT2D eigenvalue weighted by molar-refractivity contribution is -0.117. The molecule has 8 nitrogen and oxygen atoms in total. The van der Waals surface area contributed by atoms with Crippen molar-refractivity contribution >= 4 is 28.2 Å². The van der Waals surface area contributed by atoms with Gasteiger partial charge >= 0.3 is 0 Å². The number of amides is 1. The number of anilines is 2. The minimum Gasteiger partial charge on any atom is -0.353 e. The number of carbonyl (C=O) groups excluding carboxylic acids is 1. The highest BCUT2D eigenvalue weighted by atomic mass is 32.1. The Bertz CT molecular complexity index is 853. The summed E-state index contributed by atoms with van der Waals surface area (Å²) in [6, 6.07) is 4.34. The van der Waals surface area contributed by atoms with Gasteiger partial charge < -0.3 is 4.90 Å². The van der Waals surface area contributed by atoms with Gasteiger partial charge in [-0.15, -0.1) is 10.2 Å². The van der Waals surface area contributed by atoms with Gasteiger partial charge in [-0.2, -0.15) is 5.26 Å². The van der Waals surface area contributed by atoms with Crippen molar-refractivity contribution in [2.24, 2.45) is 0 Å². The average molecular weight is 383 g/mol. The van der Waals surface area contributed by atoms with E-state index in [1.807, 2.05) is 6.07 Å². The normalized spacial score (nSPS) is 17.2. The molecule has 0 aromatic carbocycles. The summed E-state index contributed by atoms with van der Waals surface area (Å²) in [7, 11) is 0. The van der Waals surface area contributed by atoms with Crippen LogP contribution in [0.2, 0.25) is 0 Å². The molecule has 4 rings (SSSR count). The lowest BCUT2D eigenvalue weighted by atomic mass is 9.95. The third-order valence-electron chi connectivity index (χ3n) is 5.05. The third-order valence-corrected chi connectivity index (χ3v) is 5.65. The molecule has 0 saturated carbocycles. The van der Waals surface area contributed by atoms with Gasteiger partial charge in [0.15, 0.2) is 0 Å². The number of aryl methyl sites for hydroxylation is 2. The summed E-state index contributed by atoms with van der Waals surface area (Å²) < 4.78 is 0. The summed E-state index contributed by atoms with van der Waals surface area (Å²) in [6.45, 7) is 3.36. The zero-order valence-electron chi connectivity index (χ0n) is 15.0. The Kier molecular flexibility index (Phi) is 5.27. The minimum atomic E-state index is -0.0789. The van der Waals surface area contributed by atoms with Gasteiger partial charge in [-0.25, -0.2) is 4.98 Å². The Hall–Kier alpha value is -2.57. The Morgan fingerprint density at radius 2 is 2.07 bits per heavy atom. The molecule has 1 aliphatic carbocycles. The Morgan fingerprint density at radius 1 is 1.26 bits per heavy atom. The number of rotatable bonds is 4. The van der Waals surface area contributed by atoms with Crippen LogP contribution < -0.4 is 10.2 Å². The van der Waals surface area contributed by atoms with E-state index in [4.69, 9.17) is 4.98 Å². The van der Waals surface area contributed by atoms with Crippen molar-refractivity contribution in [2.45, 2.75) is 25.7 Å². The third kappa shape index (κ3) is 4.07. The highest BCUT2D eigenvalue weighted by Gasteiger charge is 2.24. The van der Waals surface area contributed by atoms with Crippen molar-refractivity contribution in [1.29, 1.82) is 5.26 Å². The van der Waals surface area contributed by atoms with E-state index < -0.39 is 0 Å². The van der Waals surface area contributed by atoms with Crippen LogP contribution in [0.3, 0.4) is 0 Å². The predicted octanol–water partition coefficient (Wildman–Crippen LogP) is 1.44. The maximum atomic E-state index is 12.1. The predicted molar refractivity (Wildman–Crippen MR) is 103 cm³/mol. The Labute approximate surface area is 161 Å². The molecule has 3 heterocycles. The molecule has 1 amide bonds. The number of carbonyl (C=O) groups is 1. The lowest BCUT2D eigenvalue weighted by Crippen LogP contribution is -2.49. The smallest absolute Gasteiger partial charge is 0.240 e. The monoisotopic (exact) mass is 383 g/mol. The van der Waals surface area contributed by atoms with Crippen LogP contribution in [-0.2, 0) is 17.6 Å². The van der Waals surface area contributed by atoms with Gasteiger partial charge in [0, 0.05) is 31.9 Å². The molecule has 1 saturated heterocycles. The molecule has 0 radical (unpaired) electrons. The fraction of sp³-hybridized carbons (Fsp3) is 0.500. The fourth-order valence-electron chi connectivity index (χ4n) is 3.65. The van der Waals surface area contributed by atoms with Crippen LogP contribution in [0.1, 0.15) is 29.7 Å². The van der Waals surface area contributed by atoms with E-state index in [1.165, 1.54) is 29.7 Å². The van der Waals surface area contributed by atoms with Crippen molar-refractivity contribution in [2.75, 3.05) is 42.9 Å². The summed E-state index contributed by atoms with van der Waals surface area (Å²) in [5.74, 6) is 0.723. The number of hydrogen-bond donors (Lipinski definition) is 1. The molecule has 2 aromatic rings. The standard InChI is InChI=1S/C18H21N7OS/c19-10-14-9-13-3-1-2-4-15(13)21-17(14)25-7-5-24(6-8-25)11-16(26)22-18-23-20-12-27-18/h9,12H,1-8,11H2,(H,22,23,26). The SMILES string of the molecule is N#Cc1cc2c(nc1N1CCN(CC(=O)Nc3nncs3)CC1)CCCC2. The summed E-state index contributed by atoms with van der Waals surface area (Å²) >= 11 is 1.31. The quantitative estimate of drug-likeness (QED) is 0.853. The van der Waals surface area contributed by atoms with Gasteiger partial charge in [0.25, 0.3) is 0 Å². The van der Waals surface area contributed by atoms with Crippen LogP contribution in [0.4, 0.5) is 10.9 Å². The second kappa shape index (κ2) is 7.98. The summed E-state index contributed by atoms with van der Waals surface area (Å²) in [4.78, 5) is 21.2. The molecule has 9 heteroatoms. The van der Waals surface area contributed by atoms with Gasteiger partial charge in [0.1, 0.15) is 17.4 Å². The van der Waals surface area contributed by atoms with E-state index >= 15 is 0 Å². The summed E-state index contributed by atoms with van der Waals surface area (Å²) in [5, 5.41) is 20.4. The largest absolute Gasteiger partial charge is 0.353 e. The van der Waals surface area contributed by atoms with Crippen LogP contribution >= 0.6 is 11.3 Å². The van der Waals surface area contributed by atoms with Gasteiger partial charge in [-0.3, -0.25) is 15.0 Å². The molecule has 0 unspecified atom stereocenters. The molecule has 27 heavy (non-hydrogen) atoms. The molecule has 1 aliphatic heterocycles. The fourth-order valence-corrected chi connectivity index (χ4v) is 4.11. The molecule has 0 atom stereocenters. The molecule has 0 bridgehead atoms. The molecule has 1 fully saturated rings. The zero-order chi connectivity index (χ0) is 18.6. The maximum Gasteiger partial charge on any atom is 0.240 e. The second-order valence-electron chi connectivity index (χ2n) is 6.84. The molecular weight excluding hydrogens is 362 g/mol. The molecule has 2 aliphatic rings. The topological polar surface area (TPSA) is 98.0 Å². The number of hydrogen-bond acceptors (Lipinski definition) is 8. The van der Waals surface area contributed by atoms with E-state index in [0.717, 1.165) is 50.5 Å². The van der Waals surface area contributed by atoms with Crippen LogP contribution in [-0.4, -0.2) is 58.7 Å². The van der Waals surface area contributed by atoms with E-state index in [0.29, 0.717) is 17.2 Å². The van der Waals surface area contributed by atoms with Crippen molar-refractivity contribution in [3.8, 4) is 6.07 Å². The minimum absolute atomic E-state index is 0.0789. The van der Waals surface area contributed by atoms with E-state index in [1.54, 1.807) is 5.51 Å². The van der Waals surface area contributed by atoms with Crippen LogP contribution in [0, 0.1) is 11.3 Å². The first kappa shape index (κ1) is 17.8. The first-order chi connectivity index (χ1) is 13.2. The molecule has 2 aromatic heterocycles. The lowest BCUT2D eigenvalue weighted by Gasteiger charge is -2.35. The first-order valence-corrected chi connectivity index (χ1v) is 10.1. The average Bonchev–Trinajstić information content (AvgIpc) is 3.20. The number of nitriles is 1. The van der Waals surface area contributed by atoms with E-state index in [-0.39, 0.29) is 5.91 Å². The highest BCUT2D eigenvalue weighted by Crippen LogP contribution is 2.27. The molecule has 1 N–H and O–H groups in total. The molecule has 140 valence electrons. The number of piperazine rings is 1. The molecular formula is C18H21N7OS. The van der Waals surface area contributed by atoms with Crippen LogP contribution in [0.15, 0.2) is 11.6 Å². The van der Waals surface area contributed by atoms with E-state index in [2.05, 4.69) is 31.4 Å². The number of nitrogens with zero attached hydrogens (tertiary/aromatic N) is 6.